The number of aliphatic hydroxyl groups is 1. The molecule has 4 aromatic rings. The van der Waals surface area contributed by atoms with Crippen molar-refractivity contribution < 1.29 is 9.84 Å². The van der Waals surface area contributed by atoms with Gasteiger partial charge in [-0.2, -0.15) is 5.10 Å². The lowest BCUT2D eigenvalue weighted by molar-refractivity contribution is 0.0305. The molecule has 9 heteroatoms. The second kappa shape index (κ2) is 8.17. The molecule has 0 spiro atoms. The number of anilines is 1. The summed E-state index contributed by atoms with van der Waals surface area (Å²) in [5.74, 6) is 1.51. The molecule has 0 saturated carbocycles. The van der Waals surface area contributed by atoms with E-state index in [-0.39, 0.29) is 6.10 Å². The summed E-state index contributed by atoms with van der Waals surface area (Å²) < 4.78 is 6.19. The van der Waals surface area contributed by atoms with Crippen LogP contribution in [0.25, 0.3) is 22.2 Å². The van der Waals surface area contributed by atoms with E-state index in [1.54, 1.807) is 12.4 Å². The highest BCUT2D eigenvalue weighted by Gasteiger charge is 2.37. The maximum Gasteiger partial charge on any atom is 0.128 e. The zero-order chi connectivity index (χ0) is 23.3. The summed E-state index contributed by atoms with van der Waals surface area (Å²) in [6.45, 7) is 6.72. The van der Waals surface area contributed by atoms with Gasteiger partial charge in [0.2, 0.25) is 0 Å². The highest BCUT2D eigenvalue weighted by molar-refractivity contribution is 6.36. The van der Waals surface area contributed by atoms with E-state index in [1.165, 1.54) is 0 Å². The predicted molar refractivity (Wildman–Crippen MR) is 130 cm³/mol. The summed E-state index contributed by atoms with van der Waals surface area (Å²) in [7, 11) is 0. The molecule has 1 fully saturated rings. The van der Waals surface area contributed by atoms with Crippen molar-refractivity contribution in [1.82, 2.24) is 20.2 Å². The number of rotatable bonds is 5. The third kappa shape index (κ3) is 4.12. The minimum Gasteiger partial charge on any atom is -0.486 e. The number of aromatic nitrogens is 4. The zero-order valence-electron chi connectivity index (χ0n) is 18.4. The van der Waals surface area contributed by atoms with Gasteiger partial charge in [-0.3, -0.25) is 10.1 Å². The molecule has 3 aromatic heterocycles. The molecule has 0 aliphatic carbocycles. The Morgan fingerprint density at radius 2 is 1.94 bits per heavy atom. The Kier molecular flexibility index (Phi) is 5.43. The highest BCUT2D eigenvalue weighted by Crippen LogP contribution is 2.36. The van der Waals surface area contributed by atoms with Gasteiger partial charge in [0.15, 0.2) is 0 Å². The molecule has 1 aromatic carbocycles. The first kappa shape index (κ1) is 21.9. The molecular weight excluding hydrogens is 461 g/mol. The first-order valence-corrected chi connectivity index (χ1v) is 11.4. The number of hydrogen-bond donors (Lipinski definition) is 2. The Labute approximate surface area is 201 Å². The summed E-state index contributed by atoms with van der Waals surface area (Å²) in [5, 5.41) is 19.4. The van der Waals surface area contributed by atoms with Crippen LogP contribution in [0.2, 0.25) is 10.0 Å². The lowest BCUT2D eigenvalue weighted by Crippen LogP contribution is -2.60. The molecule has 2 N–H and O–H groups in total. The molecule has 0 radical (unpaired) electrons. The molecule has 4 heterocycles. The smallest absolute Gasteiger partial charge is 0.128 e. The number of benzene rings is 1. The van der Waals surface area contributed by atoms with E-state index in [4.69, 9.17) is 27.9 Å². The Morgan fingerprint density at radius 3 is 2.64 bits per heavy atom. The Bertz CT molecular complexity index is 1330. The Morgan fingerprint density at radius 1 is 1.15 bits per heavy atom. The molecule has 33 heavy (non-hydrogen) atoms. The molecule has 5 rings (SSSR count). The maximum absolute atomic E-state index is 9.96. The van der Waals surface area contributed by atoms with Crippen molar-refractivity contribution >= 4 is 39.9 Å². The number of ether oxygens (including phenoxy) is 1. The van der Waals surface area contributed by atoms with Crippen LogP contribution in [0.1, 0.15) is 31.2 Å². The van der Waals surface area contributed by atoms with Crippen LogP contribution in [0.4, 0.5) is 5.82 Å². The third-order valence-electron chi connectivity index (χ3n) is 5.84. The average molecular weight is 484 g/mol. The normalized spacial score (nSPS) is 16.0. The fourth-order valence-corrected chi connectivity index (χ4v) is 4.80. The predicted octanol–water partition coefficient (Wildman–Crippen LogP) is 5.35. The zero-order valence-corrected chi connectivity index (χ0v) is 19.9. The lowest BCUT2D eigenvalue weighted by atomic mass is 9.97. The standard InChI is InChI=1S/C24H23Cl2N5O2/c1-13-22(26)21(18(25)10-27-13)14(2)33-16-5-6-19-17(8-16)23(30-29-19)15-4-7-20(28-9-15)31-11-24(3,32)12-31/h4-10,14,32H,11-12H2,1-3H3,(H,29,30). The molecule has 0 amide bonds. The number of fused-ring (bicyclic) bond motifs is 1. The van der Waals surface area contributed by atoms with Gasteiger partial charge in [-0.15, -0.1) is 0 Å². The molecule has 170 valence electrons. The van der Waals surface area contributed by atoms with E-state index in [9.17, 15) is 5.11 Å². The van der Waals surface area contributed by atoms with Gasteiger partial charge < -0.3 is 14.7 Å². The highest BCUT2D eigenvalue weighted by atomic mass is 35.5. The summed E-state index contributed by atoms with van der Waals surface area (Å²) in [4.78, 5) is 10.8. The van der Waals surface area contributed by atoms with Gasteiger partial charge in [-0.05, 0) is 51.1 Å². The Balaban J connectivity index is 1.41. The molecule has 1 unspecified atom stereocenters. The maximum atomic E-state index is 9.96. The number of halogens is 2. The lowest BCUT2D eigenvalue weighted by Gasteiger charge is -2.44. The number of hydrogen-bond acceptors (Lipinski definition) is 6. The number of H-pyrrole nitrogens is 1. The van der Waals surface area contributed by atoms with Crippen LogP contribution < -0.4 is 9.64 Å². The summed E-state index contributed by atoms with van der Waals surface area (Å²) in [5.41, 5.74) is 3.34. The van der Waals surface area contributed by atoms with Crippen LogP contribution in [0.5, 0.6) is 5.75 Å². The molecule has 7 nitrogen and oxygen atoms in total. The second-order valence-electron chi connectivity index (χ2n) is 8.72. The average Bonchev–Trinajstić information content (AvgIpc) is 3.18. The first-order chi connectivity index (χ1) is 15.7. The van der Waals surface area contributed by atoms with Gasteiger partial charge in [0.05, 0.1) is 26.9 Å². The van der Waals surface area contributed by atoms with Crippen LogP contribution in [-0.2, 0) is 0 Å². The SMILES string of the molecule is Cc1ncc(Cl)c(C(C)Oc2ccc3[nH]nc(-c4ccc(N5CC(C)(O)C5)nc4)c3c2)c1Cl. The fraction of sp³-hybridized carbons (Fsp3) is 0.292. The summed E-state index contributed by atoms with van der Waals surface area (Å²) >= 11 is 12.8. The van der Waals surface area contributed by atoms with Gasteiger partial charge >= 0.3 is 0 Å². The van der Waals surface area contributed by atoms with Gasteiger partial charge in [0.25, 0.3) is 0 Å². The van der Waals surface area contributed by atoms with Crippen molar-refractivity contribution in [2.75, 3.05) is 18.0 Å². The van der Waals surface area contributed by atoms with Crippen LogP contribution in [0.15, 0.2) is 42.7 Å². The summed E-state index contributed by atoms with van der Waals surface area (Å²) in [6.07, 6.45) is 3.02. The number of aryl methyl sites for hydroxylation is 1. The Hall–Kier alpha value is -2.87. The number of nitrogens with zero attached hydrogens (tertiary/aromatic N) is 4. The molecule has 1 saturated heterocycles. The van der Waals surface area contributed by atoms with Crippen molar-refractivity contribution in [2.45, 2.75) is 32.5 Å². The van der Waals surface area contributed by atoms with E-state index in [1.807, 2.05) is 56.0 Å². The molecule has 1 aliphatic heterocycles. The van der Waals surface area contributed by atoms with Gasteiger partial charge in [-0.25, -0.2) is 4.98 Å². The first-order valence-electron chi connectivity index (χ1n) is 10.6. The number of nitrogens with one attached hydrogen (secondary N) is 1. The third-order valence-corrected chi connectivity index (χ3v) is 6.62. The van der Waals surface area contributed by atoms with Crippen molar-refractivity contribution in [3.8, 4) is 17.0 Å². The number of pyridine rings is 2. The van der Waals surface area contributed by atoms with Crippen LogP contribution in [-0.4, -0.2) is 44.0 Å². The van der Waals surface area contributed by atoms with E-state index in [0.29, 0.717) is 40.1 Å². The monoisotopic (exact) mass is 483 g/mol. The topological polar surface area (TPSA) is 87.2 Å². The van der Waals surface area contributed by atoms with E-state index < -0.39 is 5.60 Å². The molecule has 1 atom stereocenters. The van der Waals surface area contributed by atoms with Crippen molar-refractivity contribution in [2.24, 2.45) is 0 Å². The fourth-order valence-electron chi connectivity index (χ4n) is 4.15. The van der Waals surface area contributed by atoms with Gasteiger partial charge in [0, 0.05) is 42.0 Å². The van der Waals surface area contributed by atoms with Gasteiger partial charge in [-0.1, -0.05) is 23.2 Å². The minimum atomic E-state index is -0.643. The summed E-state index contributed by atoms with van der Waals surface area (Å²) in [6, 6.07) is 9.69. The van der Waals surface area contributed by atoms with Crippen LogP contribution in [0, 0.1) is 6.92 Å². The van der Waals surface area contributed by atoms with Crippen molar-refractivity contribution in [3.05, 3.63) is 64.0 Å². The molecule has 1 aliphatic rings. The number of β-amino-alcohol motifs (C(OH)–C–C–N with tert-alkyl or cyclic N) is 1. The van der Waals surface area contributed by atoms with Gasteiger partial charge in [0.1, 0.15) is 23.4 Å². The molecule has 0 bridgehead atoms. The van der Waals surface area contributed by atoms with E-state index >= 15 is 0 Å². The van der Waals surface area contributed by atoms with E-state index in [2.05, 4.69) is 20.2 Å². The van der Waals surface area contributed by atoms with Crippen molar-refractivity contribution in [3.63, 3.8) is 0 Å². The number of aromatic amines is 1. The largest absolute Gasteiger partial charge is 0.486 e. The molecular formula is C24H23Cl2N5O2. The van der Waals surface area contributed by atoms with Crippen LogP contribution >= 0.6 is 23.2 Å². The minimum absolute atomic E-state index is 0.366. The van der Waals surface area contributed by atoms with Crippen molar-refractivity contribution in [1.29, 1.82) is 0 Å². The quantitative estimate of drug-likeness (QED) is 0.397. The van der Waals surface area contributed by atoms with Crippen LogP contribution in [0.3, 0.4) is 0 Å². The second-order valence-corrected chi connectivity index (χ2v) is 9.50. The van der Waals surface area contributed by atoms with E-state index in [0.717, 1.165) is 28.0 Å².